The number of anilines is 1. The molecule has 1 aromatic carbocycles. The Morgan fingerprint density at radius 1 is 1.28 bits per heavy atom. The Morgan fingerprint density at radius 2 is 1.96 bits per heavy atom. The van der Waals surface area contributed by atoms with Crippen molar-refractivity contribution in [1.29, 1.82) is 0 Å². The van der Waals surface area contributed by atoms with Crippen molar-refractivity contribution >= 4 is 39.9 Å². The van der Waals surface area contributed by atoms with Crippen molar-refractivity contribution in [2.24, 2.45) is 0 Å². The lowest BCUT2D eigenvalue weighted by molar-refractivity contribution is 0.173. The number of benzene rings is 1. The summed E-state index contributed by atoms with van der Waals surface area (Å²) in [6.07, 6.45) is 1.47. The minimum absolute atomic E-state index is 0.0272. The molecule has 1 saturated heterocycles. The van der Waals surface area contributed by atoms with Crippen LogP contribution in [0.5, 0.6) is 0 Å². The number of hydrogen-bond acceptors (Lipinski definition) is 5. The van der Waals surface area contributed by atoms with Gasteiger partial charge in [0.1, 0.15) is 5.60 Å². The number of nitrogens with one attached hydrogen (secondary N) is 1. The third-order valence-corrected chi connectivity index (χ3v) is 5.44. The van der Waals surface area contributed by atoms with Gasteiger partial charge in [-0.1, -0.05) is 36.4 Å². The highest BCUT2D eigenvalue weighted by molar-refractivity contribution is 7.92. The van der Waals surface area contributed by atoms with Gasteiger partial charge in [-0.25, -0.2) is 13.4 Å². The van der Waals surface area contributed by atoms with Crippen LogP contribution in [0, 0.1) is 0 Å². The Balaban J connectivity index is 1.90. The molecule has 25 heavy (non-hydrogen) atoms. The topological polar surface area (TPSA) is 77.5 Å². The third kappa shape index (κ3) is 3.66. The van der Waals surface area contributed by atoms with E-state index in [0.717, 1.165) is 0 Å². The van der Waals surface area contributed by atoms with Gasteiger partial charge in [-0.05, 0) is 32.0 Å². The molecule has 1 fully saturated rings. The molecule has 0 amide bonds. The lowest BCUT2D eigenvalue weighted by atomic mass is 9.80. The maximum absolute atomic E-state index is 12.5. The summed E-state index contributed by atoms with van der Waals surface area (Å²) < 4.78 is 38.7. The molecule has 1 aliphatic rings. The van der Waals surface area contributed by atoms with Crippen molar-refractivity contribution in [1.82, 2.24) is 4.98 Å². The standard InChI is InChI=1S/C16H16BClN2O4S/c1-11-16(2,3)24-17(23-11)12-9-14(15(18)19-10-12)20-25(21,22)13-7-5-4-6-8-13/h4-10,20H,1H2,2-3H3. The van der Waals surface area contributed by atoms with Gasteiger partial charge in [0.25, 0.3) is 10.0 Å². The van der Waals surface area contributed by atoms with Crippen LogP contribution in [-0.4, -0.2) is 26.1 Å². The molecule has 2 aromatic rings. The fourth-order valence-electron chi connectivity index (χ4n) is 2.23. The Hall–Kier alpha value is -2.03. The van der Waals surface area contributed by atoms with Crippen LogP contribution < -0.4 is 10.2 Å². The Kier molecular flexibility index (Phi) is 4.53. The summed E-state index contributed by atoms with van der Waals surface area (Å²) in [6.45, 7) is 7.48. The molecule has 3 rings (SSSR count). The molecular weight excluding hydrogens is 363 g/mol. The first-order valence-corrected chi connectivity index (χ1v) is 9.32. The first-order valence-electron chi connectivity index (χ1n) is 7.46. The van der Waals surface area contributed by atoms with Crippen molar-refractivity contribution in [2.75, 3.05) is 4.72 Å². The van der Waals surface area contributed by atoms with Crippen molar-refractivity contribution in [3.05, 3.63) is 60.1 Å². The molecule has 1 N–H and O–H groups in total. The number of sulfonamides is 1. The van der Waals surface area contributed by atoms with Crippen LogP contribution >= 0.6 is 11.6 Å². The van der Waals surface area contributed by atoms with E-state index in [1.54, 1.807) is 18.2 Å². The molecule has 0 bridgehead atoms. The molecule has 0 unspecified atom stereocenters. The molecule has 130 valence electrons. The summed E-state index contributed by atoms with van der Waals surface area (Å²) in [4.78, 5) is 4.15. The summed E-state index contributed by atoms with van der Waals surface area (Å²) >= 11 is 6.04. The van der Waals surface area contributed by atoms with Gasteiger partial charge in [-0.15, -0.1) is 0 Å². The Labute approximate surface area is 152 Å². The normalized spacial score (nSPS) is 16.6. The summed E-state index contributed by atoms with van der Waals surface area (Å²) in [5.41, 5.74) is 0.0287. The predicted molar refractivity (Wildman–Crippen MR) is 97.3 cm³/mol. The second-order valence-electron chi connectivity index (χ2n) is 6.03. The Bertz CT molecular complexity index is 919. The molecule has 9 heteroatoms. The molecule has 2 heterocycles. The van der Waals surface area contributed by atoms with Gasteiger partial charge in [0, 0.05) is 11.7 Å². The molecule has 6 nitrogen and oxygen atoms in total. The first-order chi connectivity index (χ1) is 11.7. The van der Waals surface area contributed by atoms with Gasteiger partial charge in [-0.3, -0.25) is 4.72 Å². The van der Waals surface area contributed by atoms with Crippen molar-refractivity contribution in [3.63, 3.8) is 0 Å². The van der Waals surface area contributed by atoms with E-state index in [0.29, 0.717) is 11.2 Å². The first kappa shape index (κ1) is 17.8. The number of rotatable bonds is 4. The highest BCUT2D eigenvalue weighted by Crippen LogP contribution is 2.30. The molecule has 0 saturated carbocycles. The maximum atomic E-state index is 12.5. The molecule has 0 aliphatic carbocycles. The number of hydrogen-bond donors (Lipinski definition) is 1. The summed E-state index contributed by atoms with van der Waals surface area (Å²) in [6, 6.07) is 9.52. The van der Waals surface area contributed by atoms with Crippen molar-refractivity contribution in [3.8, 4) is 0 Å². The number of aromatic nitrogens is 1. The average Bonchev–Trinajstić information content (AvgIpc) is 2.83. The van der Waals surface area contributed by atoms with Crippen LogP contribution in [0.3, 0.4) is 0 Å². The molecule has 0 spiro atoms. The van der Waals surface area contributed by atoms with E-state index in [2.05, 4.69) is 16.3 Å². The number of nitrogens with zero attached hydrogens (tertiary/aromatic N) is 1. The van der Waals surface area contributed by atoms with E-state index in [4.69, 9.17) is 20.9 Å². The zero-order valence-electron chi connectivity index (χ0n) is 13.7. The van der Waals surface area contributed by atoms with Crippen LogP contribution in [0.15, 0.2) is 59.8 Å². The summed E-state index contributed by atoms with van der Waals surface area (Å²) in [5, 5.41) is 0.0272. The maximum Gasteiger partial charge on any atom is 0.565 e. The molecule has 0 atom stereocenters. The number of halogens is 1. The van der Waals surface area contributed by atoms with Gasteiger partial charge in [0.05, 0.1) is 16.3 Å². The molecule has 1 aromatic heterocycles. The fraction of sp³-hybridized carbons (Fsp3) is 0.188. The summed E-state index contributed by atoms with van der Waals surface area (Å²) in [7, 11) is -4.51. The fourth-order valence-corrected chi connectivity index (χ4v) is 3.52. The predicted octanol–water partition coefficient (Wildman–Crippen LogP) is 2.57. The average molecular weight is 379 g/mol. The van der Waals surface area contributed by atoms with E-state index in [-0.39, 0.29) is 15.7 Å². The van der Waals surface area contributed by atoms with Crippen molar-refractivity contribution < 1.29 is 17.7 Å². The lowest BCUT2D eigenvalue weighted by Gasteiger charge is -2.15. The van der Waals surface area contributed by atoms with Gasteiger partial charge >= 0.3 is 7.12 Å². The van der Waals surface area contributed by atoms with Crippen molar-refractivity contribution in [2.45, 2.75) is 24.3 Å². The molecule has 0 radical (unpaired) electrons. The van der Waals surface area contributed by atoms with E-state index in [9.17, 15) is 8.42 Å². The highest BCUT2D eigenvalue weighted by Gasteiger charge is 2.43. The molecule has 1 aliphatic heterocycles. The van der Waals surface area contributed by atoms with Gasteiger partial charge in [0.15, 0.2) is 5.15 Å². The van der Waals surface area contributed by atoms with E-state index < -0.39 is 22.7 Å². The zero-order valence-corrected chi connectivity index (χ0v) is 15.3. The Morgan fingerprint density at radius 3 is 2.56 bits per heavy atom. The van der Waals surface area contributed by atoms with Gasteiger partial charge < -0.3 is 9.31 Å². The van der Waals surface area contributed by atoms with Crippen LogP contribution in [0.4, 0.5) is 5.69 Å². The lowest BCUT2D eigenvalue weighted by Crippen LogP contribution is -2.35. The quantitative estimate of drug-likeness (QED) is 0.653. The van der Waals surface area contributed by atoms with E-state index in [1.807, 2.05) is 13.8 Å². The van der Waals surface area contributed by atoms with E-state index in [1.165, 1.54) is 24.4 Å². The van der Waals surface area contributed by atoms with Crippen LogP contribution in [0.25, 0.3) is 0 Å². The van der Waals surface area contributed by atoms with Crippen LogP contribution in [0.1, 0.15) is 13.8 Å². The van der Waals surface area contributed by atoms with Crippen LogP contribution in [-0.2, 0) is 19.3 Å². The monoisotopic (exact) mass is 378 g/mol. The van der Waals surface area contributed by atoms with Gasteiger partial charge in [-0.2, -0.15) is 0 Å². The molecular formula is C16H16BClN2O4S. The summed E-state index contributed by atoms with van der Waals surface area (Å²) in [5.74, 6) is 0.485. The minimum atomic E-state index is -3.78. The number of pyridine rings is 1. The zero-order chi connectivity index (χ0) is 18.2. The second-order valence-corrected chi connectivity index (χ2v) is 8.07. The van der Waals surface area contributed by atoms with Crippen LogP contribution in [0.2, 0.25) is 5.15 Å². The minimum Gasteiger partial charge on any atom is -0.534 e. The second kappa shape index (κ2) is 6.36. The third-order valence-electron chi connectivity index (χ3n) is 3.75. The smallest absolute Gasteiger partial charge is 0.534 e. The SMILES string of the molecule is C=C1OB(c2cnc(Cl)c(NS(=O)(=O)c3ccccc3)c2)OC1(C)C. The van der Waals surface area contributed by atoms with E-state index >= 15 is 0 Å². The highest BCUT2D eigenvalue weighted by atomic mass is 35.5. The largest absolute Gasteiger partial charge is 0.565 e. The van der Waals surface area contributed by atoms with Gasteiger partial charge in [0.2, 0.25) is 0 Å².